The van der Waals surface area contributed by atoms with Gasteiger partial charge in [-0.2, -0.15) is 0 Å². The van der Waals surface area contributed by atoms with Crippen molar-refractivity contribution in [3.8, 4) is 5.75 Å². The predicted molar refractivity (Wildman–Crippen MR) is 70.6 cm³/mol. The molecule has 0 aromatic heterocycles. The number of rotatable bonds is 2. The van der Waals surface area contributed by atoms with E-state index in [1.54, 1.807) is 0 Å². The van der Waals surface area contributed by atoms with Crippen LogP contribution >= 0.6 is 11.6 Å². The Bertz CT molecular complexity index is 533. The zero-order valence-electron chi connectivity index (χ0n) is 10.1. The highest BCUT2D eigenvalue weighted by atomic mass is 35.5. The van der Waals surface area contributed by atoms with Crippen LogP contribution in [-0.4, -0.2) is 39.5 Å². The molecule has 1 unspecified atom stereocenters. The summed E-state index contributed by atoms with van der Waals surface area (Å²) in [6, 6.07) is 3.86. The van der Waals surface area contributed by atoms with E-state index in [1.165, 1.54) is 23.1 Å². The summed E-state index contributed by atoms with van der Waals surface area (Å²) < 4.78 is 0. The van der Waals surface area contributed by atoms with E-state index in [-0.39, 0.29) is 23.1 Å². The van der Waals surface area contributed by atoms with Gasteiger partial charge in [0.1, 0.15) is 5.75 Å². The van der Waals surface area contributed by atoms with E-state index in [0.717, 1.165) is 6.42 Å². The first-order chi connectivity index (χ1) is 9.04. The van der Waals surface area contributed by atoms with E-state index < -0.39 is 6.04 Å². The highest BCUT2D eigenvalue weighted by Crippen LogP contribution is 2.26. The van der Waals surface area contributed by atoms with Gasteiger partial charge in [0.05, 0.1) is 11.6 Å². The van der Waals surface area contributed by atoms with Crippen LogP contribution in [0.2, 0.25) is 5.02 Å². The topological polar surface area (TPSA) is 99.2 Å². The summed E-state index contributed by atoms with van der Waals surface area (Å²) in [6.07, 6.45) is 1.40. The van der Waals surface area contributed by atoms with Gasteiger partial charge in [-0.1, -0.05) is 16.8 Å². The molecule has 1 aliphatic heterocycles. The number of phenolic OH excluding ortho intramolecular Hbond substituents is 1. The number of nitrogens with two attached hydrogens (primary N) is 1. The lowest BCUT2D eigenvalue weighted by atomic mass is 10.1. The highest BCUT2D eigenvalue weighted by molar-refractivity contribution is 6.30. The van der Waals surface area contributed by atoms with Crippen molar-refractivity contribution in [2.75, 3.05) is 6.54 Å². The summed E-state index contributed by atoms with van der Waals surface area (Å²) >= 11 is 5.73. The Hall–Kier alpha value is -1.95. The summed E-state index contributed by atoms with van der Waals surface area (Å²) in [4.78, 5) is 13.8. The summed E-state index contributed by atoms with van der Waals surface area (Å²) in [5.74, 6) is -0.537. The maximum atomic E-state index is 12.3. The van der Waals surface area contributed by atoms with Crippen molar-refractivity contribution in [1.29, 1.82) is 0 Å². The third kappa shape index (κ3) is 2.58. The number of nitrogens with zero attached hydrogens (tertiary/aromatic N) is 2. The van der Waals surface area contributed by atoms with Gasteiger partial charge in [-0.05, 0) is 31.0 Å². The molecular formula is C12H14ClN3O3. The second-order valence-electron chi connectivity index (χ2n) is 4.34. The molecule has 6 nitrogen and oxygen atoms in total. The molecule has 1 amide bonds. The van der Waals surface area contributed by atoms with Crippen LogP contribution in [0.15, 0.2) is 23.4 Å². The van der Waals surface area contributed by atoms with Crippen LogP contribution in [0.1, 0.15) is 23.2 Å². The molecule has 1 aliphatic rings. The van der Waals surface area contributed by atoms with Crippen molar-refractivity contribution in [2.45, 2.75) is 18.9 Å². The second kappa shape index (κ2) is 5.36. The fraction of sp³-hybridized carbons (Fsp3) is 0.333. The van der Waals surface area contributed by atoms with Crippen LogP contribution < -0.4 is 5.73 Å². The first-order valence-corrected chi connectivity index (χ1v) is 6.19. The molecule has 19 heavy (non-hydrogen) atoms. The van der Waals surface area contributed by atoms with E-state index in [0.29, 0.717) is 18.0 Å². The SMILES string of the molecule is NC(=NO)C1CCCN1C(=O)c1ccc(Cl)cc1O. The van der Waals surface area contributed by atoms with Crippen LogP contribution in [0.5, 0.6) is 5.75 Å². The molecule has 0 aliphatic carbocycles. The summed E-state index contributed by atoms with van der Waals surface area (Å²) in [6.45, 7) is 0.502. The largest absolute Gasteiger partial charge is 0.507 e. The number of hydrogen-bond donors (Lipinski definition) is 3. The van der Waals surface area contributed by atoms with E-state index >= 15 is 0 Å². The molecular weight excluding hydrogens is 270 g/mol. The number of benzene rings is 1. The van der Waals surface area contributed by atoms with E-state index in [2.05, 4.69) is 5.16 Å². The third-order valence-corrected chi connectivity index (χ3v) is 3.40. The lowest BCUT2D eigenvalue weighted by Crippen LogP contribution is -2.43. The molecule has 7 heteroatoms. The average Bonchev–Trinajstić information content (AvgIpc) is 2.86. The number of halogens is 1. The minimum absolute atomic E-state index is 0.000645. The highest BCUT2D eigenvalue weighted by Gasteiger charge is 2.33. The van der Waals surface area contributed by atoms with Gasteiger partial charge in [0.15, 0.2) is 5.84 Å². The molecule has 1 atom stereocenters. The van der Waals surface area contributed by atoms with Crippen molar-refractivity contribution in [3.63, 3.8) is 0 Å². The number of amidine groups is 1. The standard InChI is InChI=1S/C12H14ClN3O3/c13-7-3-4-8(10(17)6-7)12(18)16-5-1-2-9(16)11(14)15-19/h3-4,6,9,17,19H,1-2,5H2,(H2,14,15). The van der Waals surface area contributed by atoms with Crippen LogP contribution in [0.4, 0.5) is 0 Å². The first kappa shape index (κ1) is 13.5. The molecule has 4 N–H and O–H groups in total. The summed E-state index contributed by atoms with van der Waals surface area (Å²) in [5, 5.41) is 21.8. The number of likely N-dealkylation sites (tertiary alicyclic amines) is 1. The Labute approximate surface area is 115 Å². The molecule has 1 saturated heterocycles. The second-order valence-corrected chi connectivity index (χ2v) is 4.78. The maximum absolute atomic E-state index is 12.3. The molecule has 0 bridgehead atoms. The quantitative estimate of drug-likeness (QED) is 0.331. The molecule has 1 aromatic rings. The van der Waals surface area contributed by atoms with Gasteiger partial charge in [-0.3, -0.25) is 4.79 Å². The Morgan fingerprint density at radius 3 is 2.89 bits per heavy atom. The number of aromatic hydroxyl groups is 1. The van der Waals surface area contributed by atoms with Crippen LogP contribution in [0.25, 0.3) is 0 Å². The van der Waals surface area contributed by atoms with Crippen LogP contribution in [0, 0.1) is 0 Å². The predicted octanol–water partition coefficient (Wildman–Crippen LogP) is 1.40. The van der Waals surface area contributed by atoms with Crippen molar-refractivity contribution in [2.24, 2.45) is 10.9 Å². The summed E-state index contributed by atoms with van der Waals surface area (Å²) in [5.41, 5.74) is 5.72. The Morgan fingerprint density at radius 1 is 1.53 bits per heavy atom. The zero-order chi connectivity index (χ0) is 14.0. The van der Waals surface area contributed by atoms with Crippen molar-refractivity contribution in [1.82, 2.24) is 4.90 Å². The molecule has 0 spiro atoms. The normalized spacial score (nSPS) is 19.7. The lowest BCUT2D eigenvalue weighted by molar-refractivity contribution is 0.0765. The molecule has 102 valence electrons. The van der Waals surface area contributed by atoms with Crippen molar-refractivity contribution >= 4 is 23.3 Å². The Kier molecular flexibility index (Phi) is 3.80. The number of amides is 1. The lowest BCUT2D eigenvalue weighted by Gasteiger charge is -2.23. The van der Waals surface area contributed by atoms with Gasteiger partial charge in [-0.15, -0.1) is 0 Å². The van der Waals surface area contributed by atoms with E-state index in [9.17, 15) is 9.90 Å². The van der Waals surface area contributed by atoms with Gasteiger partial charge < -0.3 is 20.9 Å². The molecule has 0 radical (unpaired) electrons. The third-order valence-electron chi connectivity index (χ3n) is 3.16. The number of phenols is 1. The average molecular weight is 284 g/mol. The van der Waals surface area contributed by atoms with Gasteiger partial charge in [-0.25, -0.2) is 0 Å². The summed E-state index contributed by atoms with van der Waals surface area (Å²) in [7, 11) is 0. The van der Waals surface area contributed by atoms with Crippen molar-refractivity contribution < 1.29 is 15.1 Å². The van der Waals surface area contributed by atoms with Crippen LogP contribution in [0.3, 0.4) is 0 Å². The Balaban J connectivity index is 2.28. The first-order valence-electron chi connectivity index (χ1n) is 5.81. The molecule has 1 heterocycles. The van der Waals surface area contributed by atoms with Crippen LogP contribution in [-0.2, 0) is 0 Å². The Morgan fingerprint density at radius 2 is 2.26 bits per heavy atom. The number of oxime groups is 1. The van der Waals surface area contributed by atoms with E-state index in [1.807, 2.05) is 0 Å². The smallest absolute Gasteiger partial charge is 0.258 e. The van der Waals surface area contributed by atoms with Gasteiger partial charge in [0, 0.05) is 11.6 Å². The van der Waals surface area contributed by atoms with Gasteiger partial charge in [0.2, 0.25) is 0 Å². The zero-order valence-corrected chi connectivity index (χ0v) is 10.8. The van der Waals surface area contributed by atoms with E-state index in [4.69, 9.17) is 22.5 Å². The van der Waals surface area contributed by atoms with Gasteiger partial charge >= 0.3 is 0 Å². The number of carbonyl (C=O) groups excluding carboxylic acids is 1. The fourth-order valence-corrected chi connectivity index (χ4v) is 2.39. The van der Waals surface area contributed by atoms with Gasteiger partial charge in [0.25, 0.3) is 5.91 Å². The van der Waals surface area contributed by atoms with Crippen molar-refractivity contribution in [3.05, 3.63) is 28.8 Å². The molecule has 1 aromatic carbocycles. The maximum Gasteiger partial charge on any atom is 0.258 e. The molecule has 0 saturated carbocycles. The fourth-order valence-electron chi connectivity index (χ4n) is 2.22. The monoisotopic (exact) mass is 283 g/mol. The minimum Gasteiger partial charge on any atom is -0.507 e. The molecule has 1 fully saturated rings. The minimum atomic E-state index is -0.437. The molecule has 2 rings (SSSR count). The number of carbonyl (C=O) groups is 1. The number of hydrogen-bond acceptors (Lipinski definition) is 4.